The van der Waals surface area contributed by atoms with Crippen molar-refractivity contribution in [1.82, 2.24) is 5.32 Å². The molecule has 1 aromatic carbocycles. The van der Waals surface area contributed by atoms with E-state index >= 15 is 0 Å². The van der Waals surface area contributed by atoms with Crippen LogP contribution in [0.15, 0.2) is 23.1 Å². The Balaban J connectivity index is 1.75. The van der Waals surface area contributed by atoms with Crippen LogP contribution in [0.5, 0.6) is 5.75 Å². The summed E-state index contributed by atoms with van der Waals surface area (Å²) >= 11 is 1.86. The zero-order valence-corrected chi connectivity index (χ0v) is 11.8. The molecule has 0 spiro atoms. The summed E-state index contributed by atoms with van der Waals surface area (Å²) in [4.78, 5) is 1.19. The van der Waals surface area contributed by atoms with Crippen LogP contribution in [0.4, 0.5) is 5.69 Å². The molecule has 0 saturated carbocycles. The van der Waals surface area contributed by atoms with E-state index in [4.69, 9.17) is 10.5 Å². The highest BCUT2D eigenvalue weighted by atomic mass is 32.2. The van der Waals surface area contributed by atoms with Crippen molar-refractivity contribution in [3.8, 4) is 5.75 Å². The molecule has 1 saturated heterocycles. The lowest BCUT2D eigenvalue weighted by Gasteiger charge is -2.11. The first-order chi connectivity index (χ1) is 8.79. The van der Waals surface area contributed by atoms with Crippen LogP contribution in [-0.4, -0.2) is 25.4 Å². The minimum absolute atomic E-state index is 0.749. The van der Waals surface area contributed by atoms with Crippen LogP contribution in [-0.2, 0) is 0 Å². The highest BCUT2D eigenvalue weighted by Crippen LogP contribution is 2.31. The molecule has 1 fully saturated rings. The Hall–Kier alpha value is -0.870. The van der Waals surface area contributed by atoms with E-state index in [1.165, 1.54) is 37.1 Å². The number of nitrogens with one attached hydrogen (secondary N) is 1. The van der Waals surface area contributed by atoms with E-state index in [2.05, 4.69) is 5.32 Å². The van der Waals surface area contributed by atoms with Crippen molar-refractivity contribution < 1.29 is 4.74 Å². The summed E-state index contributed by atoms with van der Waals surface area (Å²) in [5.74, 6) is 2.03. The molecule has 1 aromatic rings. The third-order valence-electron chi connectivity index (χ3n) is 3.30. The number of nitrogens with two attached hydrogens (primary N) is 1. The summed E-state index contributed by atoms with van der Waals surface area (Å²) in [6.07, 6.45) is 5.21. The van der Waals surface area contributed by atoms with Crippen molar-refractivity contribution in [1.29, 1.82) is 0 Å². The molecule has 0 radical (unpaired) electrons. The van der Waals surface area contributed by atoms with E-state index in [0.29, 0.717) is 0 Å². The molecular formula is C14H22N2OS. The normalized spacial score (nSPS) is 19.1. The van der Waals surface area contributed by atoms with Gasteiger partial charge >= 0.3 is 0 Å². The number of methoxy groups -OCH3 is 1. The van der Waals surface area contributed by atoms with Crippen molar-refractivity contribution in [2.75, 3.05) is 25.1 Å². The predicted octanol–water partition coefficient (Wildman–Crippen LogP) is 2.90. The lowest BCUT2D eigenvalue weighted by atomic mass is 10.1. The SMILES string of the molecule is COc1cc(N)ccc1SCCCC1CCCN1. The number of nitrogen functional groups attached to an aromatic ring is 1. The van der Waals surface area contributed by atoms with Crippen LogP contribution in [0.1, 0.15) is 25.7 Å². The van der Waals surface area contributed by atoms with Gasteiger partial charge in [-0.15, -0.1) is 11.8 Å². The number of benzene rings is 1. The monoisotopic (exact) mass is 266 g/mol. The molecule has 2 rings (SSSR count). The summed E-state index contributed by atoms with van der Waals surface area (Å²) < 4.78 is 5.34. The van der Waals surface area contributed by atoms with Gasteiger partial charge in [0.15, 0.2) is 0 Å². The molecule has 4 heteroatoms. The van der Waals surface area contributed by atoms with Gasteiger partial charge in [-0.2, -0.15) is 0 Å². The third-order valence-corrected chi connectivity index (χ3v) is 4.45. The van der Waals surface area contributed by atoms with Crippen molar-refractivity contribution in [2.24, 2.45) is 0 Å². The fraction of sp³-hybridized carbons (Fsp3) is 0.571. The summed E-state index contributed by atoms with van der Waals surface area (Å²) in [5, 5.41) is 3.53. The fourth-order valence-electron chi connectivity index (χ4n) is 2.32. The van der Waals surface area contributed by atoms with E-state index in [9.17, 15) is 0 Å². The first-order valence-corrected chi connectivity index (χ1v) is 7.58. The molecule has 1 atom stereocenters. The summed E-state index contributed by atoms with van der Waals surface area (Å²) in [6.45, 7) is 1.20. The van der Waals surface area contributed by atoms with Crippen LogP contribution in [0.3, 0.4) is 0 Å². The van der Waals surface area contributed by atoms with E-state index < -0.39 is 0 Å². The molecule has 0 bridgehead atoms. The first-order valence-electron chi connectivity index (χ1n) is 6.59. The van der Waals surface area contributed by atoms with Gasteiger partial charge in [-0.1, -0.05) is 0 Å². The average molecular weight is 266 g/mol. The molecule has 100 valence electrons. The quantitative estimate of drug-likeness (QED) is 0.472. The number of hydrogen-bond donors (Lipinski definition) is 2. The van der Waals surface area contributed by atoms with Crippen LogP contribution in [0.2, 0.25) is 0 Å². The Kier molecular flexibility index (Phi) is 5.20. The van der Waals surface area contributed by atoms with Crippen molar-refractivity contribution in [2.45, 2.75) is 36.6 Å². The van der Waals surface area contributed by atoms with Gasteiger partial charge in [0.2, 0.25) is 0 Å². The van der Waals surface area contributed by atoms with Gasteiger partial charge in [0.1, 0.15) is 5.75 Å². The Labute approximate surface area is 113 Å². The van der Waals surface area contributed by atoms with Crippen molar-refractivity contribution in [3.63, 3.8) is 0 Å². The molecule has 1 heterocycles. The van der Waals surface area contributed by atoms with E-state index in [1.54, 1.807) is 7.11 Å². The third kappa shape index (κ3) is 3.82. The fourth-order valence-corrected chi connectivity index (χ4v) is 3.30. The smallest absolute Gasteiger partial charge is 0.134 e. The topological polar surface area (TPSA) is 47.3 Å². The summed E-state index contributed by atoms with van der Waals surface area (Å²) in [5.41, 5.74) is 6.50. The molecule has 1 unspecified atom stereocenters. The van der Waals surface area contributed by atoms with Gasteiger partial charge in [0.05, 0.1) is 7.11 Å². The number of hydrogen-bond acceptors (Lipinski definition) is 4. The molecule has 1 aliphatic rings. The maximum Gasteiger partial charge on any atom is 0.134 e. The van der Waals surface area contributed by atoms with Crippen LogP contribution in [0, 0.1) is 0 Å². The van der Waals surface area contributed by atoms with Crippen LogP contribution in [0.25, 0.3) is 0 Å². The lowest BCUT2D eigenvalue weighted by molar-refractivity contribution is 0.405. The zero-order valence-electron chi connectivity index (χ0n) is 10.9. The minimum atomic E-state index is 0.749. The average Bonchev–Trinajstić information content (AvgIpc) is 2.89. The Morgan fingerprint density at radius 3 is 3.11 bits per heavy atom. The molecule has 0 aromatic heterocycles. The van der Waals surface area contributed by atoms with Crippen LogP contribution >= 0.6 is 11.8 Å². The number of rotatable bonds is 6. The predicted molar refractivity (Wildman–Crippen MR) is 78.4 cm³/mol. The van der Waals surface area contributed by atoms with Gasteiger partial charge in [0.25, 0.3) is 0 Å². The highest BCUT2D eigenvalue weighted by Gasteiger charge is 2.13. The molecular weight excluding hydrogens is 244 g/mol. The summed E-state index contributed by atoms with van der Waals surface area (Å²) in [7, 11) is 1.70. The molecule has 1 aliphatic heterocycles. The van der Waals surface area contributed by atoms with Gasteiger partial charge < -0.3 is 15.8 Å². The molecule has 0 amide bonds. The highest BCUT2D eigenvalue weighted by molar-refractivity contribution is 7.99. The first kappa shape index (κ1) is 13.6. The maximum atomic E-state index is 5.74. The van der Waals surface area contributed by atoms with E-state index in [1.807, 2.05) is 30.0 Å². The second-order valence-corrected chi connectivity index (χ2v) is 5.83. The number of ether oxygens (including phenoxy) is 1. The van der Waals surface area contributed by atoms with Crippen molar-refractivity contribution >= 4 is 17.4 Å². The van der Waals surface area contributed by atoms with E-state index in [0.717, 1.165) is 23.2 Å². The second kappa shape index (κ2) is 6.90. The van der Waals surface area contributed by atoms with E-state index in [-0.39, 0.29) is 0 Å². The standard InChI is InChI=1S/C14H22N2OS/c1-17-13-10-11(15)6-7-14(13)18-9-3-5-12-4-2-8-16-12/h6-7,10,12,16H,2-5,8-9,15H2,1H3. The van der Waals surface area contributed by atoms with Crippen molar-refractivity contribution in [3.05, 3.63) is 18.2 Å². The molecule has 3 nitrogen and oxygen atoms in total. The number of thioether (sulfide) groups is 1. The van der Waals surface area contributed by atoms with Gasteiger partial charge in [-0.25, -0.2) is 0 Å². The van der Waals surface area contributed by atoms with Gasteiger partial charge in [-0.3, -0.25) is 0 Å². The summed E-state index contributed by atoms with van der Waals surface area (Å²) in [6, 6.07) is 6.62. The number of anilines is 1. The van der Waals surface area contributed by atoms with Gasteiger partial charge in [-0.05, 0) is 50.1 Å². The molecule has 18 heavy (non-hydrogen) atoms. The van der Waals surface area contributed by atoms with Crippen LogP contribution < -0.4 is 15.8 Å². The molecule has 3 N–H and O–H groups in total. The Morgan fingerprint density at radius 1 is 1.50 bits per heavy atom. The van der Waals surface area contributed by atoms with Gasteiger partial charge in [0, 0.05) is 22.7 Å². The lowest BCUT2D eigenvalue weighted by Crippen LogP contribution is -2.20. The zero-order chi connectivity index (χ0) is 12.8. The Morgan fingerprint density at radius 2 is 2.39 bits per heavy atom. The largest absolute Gasteiger partial charge is 0.496 e. The molecule has 0 aliphatic carbocycles. The maximum absolute atomic E-state index is 5.74. The minimum Gasteiger partial charge on any atom is -0.496 e. The Bertz CT molecular complexity index is 378. The second-order valence-electron chi connectivity index (χ2n) is 4.69.